The Kier molecular flexibility index (Phi) is 3.35. The minimum Gasteiger partial charge on any atom is -0.306 e. The van der Waals surface area contributed by atoms with Crippen molar-refractivity contribution in [3.63, 3.8) is 0 Å². The molecule has 0 saturated carbocycles. The molecule has 5 heteroatoms. The third kappa shape index (κ3) is 2.29. The Bertz CT molecular complexity index is 436. The number of rotatable bonds is 2. The van der Waals surface area contributed by atoms with Crippen molar-refractivity contribution in [3.8, 4) is 0 Å². The summed E-state index contributed by atoms with van der Waals surface area (Å²) in [5.41, 5.74) is 1.19. The monoisotopic (exact) mass is 265 g/mol. The fourth-order valence-electron chi connectivity index (χ4n) is 2.83. The molecule has 1 aromatic heterocycles. The lowest BCUT2D eigenvalue weighted by Crippen LogP contribution is -2.48. The van der Waals surface area contributed by atoms with Gasteiger partial charge in [-0.05, 0) is 44.6 Å². The van der Waals surface area contributed by atoms with Crippen LogP contribution in [0.5, 0.6) is 0 Å². The standard InChI is InChI=1S/C13H19N3OS/c1-8-4-3-7-14-11(8)12(17)16-13-15-9-5-2-6-10(9)18-13/h8,11,14H,2-7H2,1H3,(H,15,16,17). The van der Waals surface area contributed by atoms with Crippen LogP contribution in [0, 0.1) is 5.92 Å². The fraction of sp³-hybridized carbons (Fsp3) is 0.692. The van der Waals surface area contributed by atoms with Gasteiger partial charge in [0.05, 0.1) is 11.7 Å². The maximum absolute atomic E-state index is 12.2. The molecule has 2 unspecified atom stereocenters. The molecule has 18 heavy (non-hydrogen) atoms. The van der Waals surface area contributed by atoms with E-state index in [2.05, 4.69) is 22.5 Å². The first-order valence-corrected chi connectivity index (χ1v) is 7.58. The molecule has 1 amide bonds. The minimum atomic E-state index is -0.0579. The maximum Gasteiger partial charge on any atom is 0.243 e. The van der Waals surface area contributed by atoms with Gasteiger partial charge >= 0.3 is 0 Å². The van der Waals surface area contributed by atoms with Crippen LogP contribution >= 0.6 is 11.3 Å². The number of amides is 1. The van der Waals surface area contributed by atoms with E-state index in [0.29, 0.717) is 5.92 Å². The van der Waals surface area contributed by atoms with Crippen molar-refractivity contribution < 1.29 is 4.79 Å². The molecule has 1 aromatic rings. The van der Waals surface area contributed by atoms with Crippen molar-refractivity contribution in [1.82, 2.24) is 10.3 Å². The van der Waals surface area contributed by atoms with Gasteiger partial charge in [0.1, 0.15) is 0 Å². The summed E-state index contributed by atoms with van der Waals surface area (Å²) in [6, 6.07) is -0.0579. The lowest BCUT2D eigenvalue weighted by atomic mass is 9.92. The molecule has 2 N–H and O–H groups in total. The highest BCUT2D eigenvalue weighted by molar-refractivity contribution is 7.15. The number of anilines is 1. The number of aromatic nitrogens is 1. The number of hydrogen-bond acceptors (Lipinski definition) is 4. The summed E-state index contributed by atoms with van der Waals surface area (Å²) < 4.78 is 0. The average molecular weight is 265 g/mol. The first kappa shape index (κ1) is 12.1. The molecule has 1 saturated heterocycles. The minimum absolute atomic E-state index is 0.0579. The molecule has 0 bridgehead atoms. The molecular weight excluding hydrogens is 246 g/mol. The van der Waals surface area contributed by atoms with Crippen LogP contribution in [0.15, 0.2) is 0 Å². The lowest BCUT2D eigenvalue weighted by Gasteiger charge is -2.28. The summed E-state index contributed by atoms with van der Waals surface area (Å²) in [7, 11) is 0. The Balaban J connectivity index is 1.66. The predicted molar refractivity (Wildman–Crippen MR) is 73.0 cm³/mol. The zero-order valence-corrected chi connectivity index (χ0v) is 11.5. The average Bonchev–Trinajstić information content (AvgIpc) is 2.90. The van der Waals surface area contributed by atoms with Crippen LogP contribution in [0.2, 0.25) is 0 Å². The van der Waals surface area contributed by atoms with Gasteiger partial charge in [-0.2, -0.15) is 0 Å². The van der Waals surface area contributed by atoms with Crippen molar-refractivity contribution in [2.24, 2.45) is 5.92 Å². The topological polar surface area (TPSA) is 54.0 Å². The molecule has 0 aromatic carbocycles. The molecule has 3 rings (SSSR count). The molecule has 2 atom stereocenters. The molecule has 0 spiro atoms. The Hall–Kier alpha value is -0.940. The van der Waals surface area contributed by atoms with Gasteiger partial charge in [0.15, 0.2) is 5.13 Å². The van der Waals surface area contributed by atoms with E-state index in [0.717, 1.165) is 37.4 Å². The number of carbonyl (C=O) groups is 1. The van der Waals surface area contributed by atoms with Crippen LogP contribution in [0.25, 0.3) is 0 Å². The molecule has 1 aliphatic carbocycles. The first-order valence-electron chi connectivity index (χ1n) is 6.77. The van der Waals surface area contributed by atoms with Crippen molar-refractivity contribution in [2.45, 2.75) is 45.1 Å². The summed E-state index contributed by atoms with van der Waals surface area (Å²) in [6.07, 6.45) is 5.69. The zero-order valence-electron chi connectivity index (χ0n) is 10.7. The highest BCUT2D eigenvalue weighted by Gasteiger charge is 2.28. The first-order chi connectivity index (χ1) is 8.74. The number of piperidine rings is 1. The third-order valence-electron chi connectivity index (χ3n) is 3.88. The highest BCUT2D eigenvalue weighted by Crippen LogP contribution is 2.30. The SMILES string of the molecule is CC1CCCNC1C(=O)Nc1nc2c(s1)CCC2. The van der Waals surface area contributed by atoms with Crippen LogP contribution in [-0.4, -0.2) is 23.5 Å². The van der Waals surface area contributed by atoms with Gasteiger partial charge in [0, 0.05) is 4.88 Å². The van der Waals surface area contributed by atoms with Gasteiger partial charge in [-0.3, -0.25) is 4.79 Å². The van der Waals surface area contributed by atoms with Gasteiger partial charge in [-0.1, -0.05) is 6.92 Å². The Morgan fingerprint density at radius 3 is 3.11 bits per heavy atom. The van der Waals surface area contributed by atoms with Crippen molar-refractivity contribution >= 4 is 22.4 Å². The number of hydrogen-bond donors (Lipinski definition) is 2. The summed E-state index contributed by atoms with van der Waals surface area (Å²) in [5.74, 6) is 0.486. The second-order valence-corrected chi connectivity index (χ2v) is 6.37. The molecule has 2 aliphatic rings. The van der Waals surface area contributed by atoms with E-state index in [1.807, 2.05) is 0 Å². The molecular formula is C13H19N3OS. The van der Waals surface area contributed by atoms with E-state index < -0.39 is 0 Å². The molecule has 98 valence electrons. The van der Waals surface area contributed by atoms with E-state index in [1.165, 1.54) is 17.0 Å². The number of carbonyl (C=O) groups excluding carboxylic acids is 1. The van der Waals surface area contributed by atoms with Crippen molar-refractivity contribution in [3.05, 3.63) is 10.6 Å². The second kappa shape index (κ2) is 4.97. The summed E-state index contributed by atoms with van der Waals surface area (Å²) in [5, 5.41) is 7.06. The van der Waals surface area contributed by atoms with Gasteiger partial charge in [0.2, 0.25) is 5.91 Å². The number of aryl methyl sites for hydroxylation is 2. The zero-order chi connectivity index (χ0) is 12.5. The normalized spacial score (nSPS) is 26.9. The fourth-order valence-corrected chi connectivity index (χ4v) is 3.88. The Morgan fingerprint density at radius 2 is 2.33 bits per heavy atom. The Labute approximate surface area is 111 Å². The van der Waals surface area contributed by atoms with Gasteiger partial charge in [-0.25, -0.2) is 4.98 Å². The van der Waals surface area contributed by atoms with E-state index in [9.17, 15) is 4.79 Å². The molecule has 1 fully saturated rings. The molecule has 4 nitrogen and oxygen atoms in total. The van der Waals surface area contributed by atoms with Gasteiger partial charge in [-0.15, -0.1) is 11.3 Å². The number of nitrogens with zero attached hydrogens (tertiary/aromatic N) is 1. The largest absolute Gasteiger partial charge is 0.306 e. The van der Waals surface area contributed by atoms with E-state index in [4.69, 9.17) is 0 Å². The predicted octanol–water partition coefficient (Wildman–Crippen LogP) is 1.96. The van der Waals surface area contributed by atoms with E-state index >= 15 is 0 Å². The van der Waals surface area contributed by atoms with Crippen molar-refractivity contribution in [2.75, 3.05) is 11.9 Å². The van der Waals surface area contributed by atoms with Crippen LogP contribution in [-0.2, 0) is 17.6 Å². The van der Waals surface area contributed by atoms with Crippen molar-refractivity contribution in [1.29, 1.82) is 0 Å². The van der Waals surface area contributed by atoms with E-state index in [1.54, 1.807) is 11.3 Å². The van der Waals surface area contributed by atoms with Crippen LogP contribution in [0.4, 0.5) is 5.13 Å². The van der Waals surface area contributed by atoms with Crippen LogP contribution < -0.4 is 10.6 Å². The summed E-state index contributed by atoms with van der Waals surface area (Å²) >= 11 is 1.64. The summed E-state index contributed by atoms with van der Waals surface area (Å²) in [4.78, 5) is 18.1. The molecule has 0 radical (unpaired) electrons. The summed E-state index contributed by atoms with van der Waals surface area (Å²) in [6.45, 7) is 3.08. The highest BCUT2D eigenvalue weighted by atomic mass is 32.1. The number of nitrogens with one attached hydrogen (secondary N) is 2. The quantitative estimate of drug-likeness (QED) is 0.859. The Morgan fingerprint density at radius 1 is 1.44 bits per heavy atom. The van der Waals surface area contributed by atoms with Gasteiger partial charge in [0.25, 0.3) is 0 Å². The third-order valence-corrected chi connectivity index (χ3v) is 4.95. The number of thiazole rings is 1. The van der Waals surface area contributed by atoms with Crippen LogP contribution in [0.3, 0.4) is 0 Å². The second-order valence-electron chi connectivity index (χ2n) is 5.28. The van der Waals surface area contributed by atoms with E-state index in [-0.39, 0.29) is 11.9 Å². The van der Waals surface area contributed by atoms with Gasteiger partial charge < -0.3 is 10.6 Å². The lowest BCUT2D eigenvalue weighted by molar-refractivity contribution is -0.119. The molecule has 1 aliphatic heterocycles. The molecule has 2 heterocycles. The van der Waals surface area contributed by atoms with Crippen LogP contribution in [0.1, 0.15) is 36.8 Å². The maximum atomic E-state index is 12.2. The number of fused-ring (bicyclic) bond motifs is 1. The smallest absolute Gasteiger partial charge is 0.243 e.